The van der Waals surface area contributed by atoms with E-state index in [9.17, 15) is 4.79 Å². The van der Waals surface area contributed by atoms with Gasteiger partial charge in [0.25, 0.3) is 0 Å². The monoisotopic (exact) mass is 333 g/mol. The van der Waals surface area contributed by atoms with E-state index in [-0.39, 0.29) is 10.7 Å². The molecule has 7 heteroatoms. The summed E-state index contributed by atoms with van der Waals surface area (Å²) in [4.78, 5) is 15.0. The van der Waals surface area contributed by atoms with Gasteiger partial charge in [0.05, 0.1) is 12.2 Å². The molecule has 2 heterocycles. The predicted octanol–water partition coefficient (Wildman–Crippen LogP) is 3.19. The van der Waals surface area contributed by atoms with Crippen LogP contribution < -0.4 is 4.74 Å². The normalized spacial score (nSPS) is 21.0. The van der Waals surface area contributed by atoms with Gasteiger partial charge in [0.1, 0.15) is 5.15 Å². The largest absolute Gasteiger partial charge is 0.478 e. The summed E-state index contributed by atoms with van der Waals surface area (Å²) < 4.78 is 7.32. The minimum atomic E-state index is -1.10. The van der Waals surface area contributed by atoms with E-state index < -0.39 is 5.97 Å². The molecule has 2 aliphatic rings. The van der Waals surface area contributed by atoms with E-state index in [1.807, 2.05) is 0 Å². The van der Waals surface area contributed by atoms with Crippen LogP contribution in [-0.4, -0.2) is 32.4 Å². The summed E-state index contributed by atoms with van der Waals surface area (Å²) >= 11 is 5.88. The van der Waals surface area contributed by atoms with Crippen LogP contribution in [-0.2, 0) is 0 Å². The number of carboxylic acid groups (broad SMARTS) is 1. The number of hydrogen-bond donors (Lipinski definition) is 1. The van der Waals surface area contributed by atoms with E-state index in [2.05, 4.69) is 10.1 Å². The van der Waals surface area contributed by atoms with Gasteiger partial charge in [-0.2, -0.15) is 0 Å². The fourth-order valence-corrected chi connectivity index (χ4v) is 3.48. The van der Waals surface area contributed by atoms with Gasteiger partial charge in [0.15, 0.2) is 5.82 Å². The third-order valence-corrected chi connectivity index (χ3v) is 5.33. The van der Waals surface area contributed by atoms with Crippen LogP contribution in [0, 0.1) is 11.3 Å². The molecule has 2 fully saturated rings. The average Bonchev–Trinajstić information content (AvgIpc) is 3.21. The highest BCUT2D eigenvalue weighted by Crippen LogP contribution is 2.64. The van der Waals surface area contributed by atoms with Gasteiger partial charge < -0.3 is 9.84 Å². The third-order valence-electron chi connectivity index (χ3n) is 5.05. The van der Waals surface area contributed by atoms with Crippen molar-refractivity contribution in [1.29, 1.82) is 0 Å². The van der Waals surface area contributed by atoms with Crippen molar-refractivity contribution in [1.82, 2.24) is 14.8 Å². The number of aromatic nitrogens is 3. The quantitative estimate of drug-likeness (QED) is 0.850. The average molecular weight is 334 g/mol. The SMILES string of the molecule is O=C(O)c1ccc(-n2ccc(OCC3CCC34CC4)n2)nc1Cl. The lowest BCUT2D eigenvalue weighted by Gasteiger charge is -2.36. The van der Waals surface area contributed by atoms with Crippen LogP contribution in [0.5, 0.6) is 5.88 Å². The topological polar surface area (TPSA) is 77.2 Å². The maximum atomic E-state index is 10.9. The lowest BCUT2D eigenvalue weighted by Crippen LogP contribution is -2.32. The van der Waals surface area contributed by atoms with Crippen molar-refractivity contribution in [3.63, 3.8) is 0 Å². The first kappa shape index (κ1) is 14.5. The van der Waals surface area contributed by atoms with Gasteiger partial charge in [-0.15, -0.1) is 5.10 Å². The van der Waals surface area contributed by atoms with Crippen molar-refractivity contribution < 1.29 is 14.6 Å². The molecule has 0 bridgehead atoms. The molecule has 1 N–H and O–H groups in total. The number of aromatic carboxylic acids is 1. The highest BCUT2D eigenvalue weighted by atomic mass is 35.5. The zero-order chi connectivity index (χ0) is 16.0. The molecule has 1 spiro atoms. The van der Waals surface area contributed by atoms with Crippen LogP contribution in [0.2, 0.25) is 5.15 Å². The second-order valence-electron chi connectivity index (χ2n) is 6.32. The van der Waals surface area contributed by atoms with E-state index in [4.69, 9.17) is 21.4 Å². The number of rotatable bonds is 5. The first-order valence-electron chi connectivity index (χ1n) is 7.66. The summed E-state index contributed by atoms with van der Waals surface area (Å²) in [5.74, 6) is 0.563. The Bertz CT molecular complexity index is 770. The Labute approximate surface area is 138 Å². The maximum absolute atomic E-state index is 10.9. The fourth-order valence-electron chi connectivity index (χ4n) is 3.25. The van der Waals surface area contributed by atoms with Gasteiger partial charge in [0.2, 0.25) is 5.88 Å². The second kappa shape index (κ2) is 5.23. The van der Waals surface area contributed by atoms with Crippen LogP contribution in [0.1, 0.15) is 36.0 Å². The summed E-state index contributed by atoms with van der Waals surface area (Å²) in [5.41, 5.74) is 0.559. The van der Waals surface area contributed by atoms with Gasteiger partial charge in [-0.05, 0) is 49.1 Å². The van der Waals surface area contributed by atoms with Gasteiger partial charge in [0, 0.05) is 12.3 Å². The molecular formula is C16H16ClN3O3. The van der Waals surface area contributed by atoms with Crippen molar-refractivity contribution in [2.45, 2.75) is 25.7 Å². The number of pyridine rings is 1. The summed E-state index contributed by atoms with van der Waals surface area (Å²) in [7, 11) is 0. The van der Waals surface area contributed by atoms with Crippen molar-refractivity contribution in [2.24, 2.45) is 11.3 Å². The zero-order valence-electron chi connectivity index (χ0n) is 12.4. The fraction of sp³-hybridized carbons (Fsp3) is 0.438. The third kappa shape index (κ3) is 2.57. The number of carboxylic acids is 1. The molecule has 6 nitrogen and oxygen atoms in total. The number of ether oxygens (including phenoxy) is 1. The smallest absolute Gasteiger partial charge is 0.338 e. The van der Waals surface area contributed by atoms with E-state index in [0.29, 0.717) is 29.6 Å². The molecule has 0 amide bonds. The van der Waals surface area contributed by atoms with Crippen LogP contribution in [0.15, 0.2) is 24.4 Å². The molecule has 0 aromatic carbocycles. The predicted molar refractivity (Wildman–Crippen MR) is 83.2 cm³/mol. The minimum Gasteiger partial charge on any atom is -0.478 e. The van der Waals surface area contributed by atoms with Crippen LogP contribution in [0.3, 0.4) is 0 Å². The molecule has 0 aliphatic heterocycles. The molecule has 120 valence electrons. The number of nitrogens with zero attached hydrogens (tertiary/aromatic N) is 3. The Morgan fingerprint density at radius 3 is 2.83 bits per heavy atom. The highest BCUT2D eigenvalue weighted by molar-refractivity contribution is 6.32. The second-order valence-corrected chi connectivity index (χ2v) is 6.68. The molecule has 2 aliphatic carbocycles. The molecule has 4 rings (SSSR count). The van der Waals surface area contributed by atoms with Crippen molar-refractivity contribution in [3.8, 4) is 11.7 Å². The van der Waals surface area contributed by atoms with Crippen molar-refractivity contribution >= 4 is 17.6 Å². The van der Waals surface area contributed by atoms with Gasteiger partial charge in [-0.25, -0.2) is 14.5 Å². The molecule has 2 aromatic rings. The van der Waals surface area contributed by atoms with Crippen LogP contribution in [0.4, 0.5) is 0 Å². The zero-order valence-corrected chi connectivity index (χ0v) is 13.2. The number of hydrogen-bond acceptors (Lipinski definition) is 4. The lowest BCUT2D eigenvalue weighted by atomic mass is 9.71. The maximum Gasteiger partial charge on any atom is 0.338 e. The number of carbonyl (C=O) groups is 1. The molecule has 2 aromatic heterocycles. The van der Waals surface area contributed by atoms with E-state index in [0.717, 1.165) is 0 Å². The Morgan fingerprint density at radius 1 is 1.39 bits per heavy atom. The molecular weight excluding hydrogens is 318 g/mol. The Balaban J connectivity index is 1.45. The summed E-state index contributed by atoms with van der Waals surface area (Å²) in [6.07, 6.45) is 6.99. The Kier molecular flexibility index (Phi) is 3.30. The van der Waals surface area contributed by atoms with Crippen molar-refractivity contribution in [3.05, 3.63) is 35.1 Å². The molecule has 1 unspecified atom stereocenters. The highest BCUT2D eigenvalue weighted by Gasteiger charge is 2.55. The van der Waals surface area contributed by atoms with Crippen LogP contribution in [0.25, 0.3) is 5.82 Å². The molecule has 23 heavy (non-hydrogen) atoms. The Hall–Kier alpha value is -2.08. The first-order valence-corrected chi connectivity index (χ1v) is 8.04. The van der Waals surface area contributed by atoms with Gasteiger partial charge in [-0.1, -0.05) is 11.6 Å². The lowest BCUT2D eigenvalue weighted by molar-refractivity contribution is 0.0696. The number of halogens is 1. The summed E-state index contributed by atoms with van der Waals surface area (Å²) in [6.45, 7) is 0.711. The van der Waals surface area contributed by atoms with Crippen LogP contribution >= 0.6 is 11.6 Å². The molecule has 1 atom stereocenters. The standard InChI is InChI=1S/C16H16ClN3O3/c17-14-11(15(21)22)1-2-12(18-14)20-8-4-13(19-20)23-9-10-3-5-16(10)6-7-16/h1-2,4,8,10H,3,5-7,9H2,(H,21,22). The summed E-state index contributed by atoms with van der Waals surface area (Å²) in [6, 6.07) is 4.76. The first-order chi connectivity index (χ1) is 11.1. The van der Waals surface area contributed by atoms with Gasteiger partial charge in [-0.3, -0.25) is 0 Å². The summed E-state index contributed by atoms with van der Waals surface area (Å²) in [5, 5.41) is 13.2. The van der Waals surface area contributed by atoms with Crippen molar-refractivity contribution in [2.75, 3.05) is 6.61 Å². The van der Waals surface area contributed by atoms with E-state index in [1.165, 1.54) is 36.4 Å². The van der Waals surface area contributed by atoms with E-state index in [1.54, 1.807) is 18.3 Å². The minimum absolute atomic E-state index is 0.0289. The molecule has 0 radical (unpaired) electrons. The van der Waals surface area contributed by atoms with E-state index >= 15 is 0 Å². The molecule has 2 saturated carbocycles. The Morgan fingerprint density at radius 2 is 2.22 bits per heavy atom. The van der Waals surface area contributed by atoms with Gasteiger partial charge >= 0.3 is 5.97 Å². The molecule has 0 saturated heterocycles.